The highest BCUT2D eigenvalue weighted by Crippen LogP contribution is 2.32. The molecule has 2 amide bonds. The molecule has 22 heavy (non-hydrogen) atoms. The third kappa shape index (κ3) is 5.55. The molecule has 1 aliphatic rings. The maximum absolute atomic E-state index is 11.9. The van der Waals surface area contributed by atoms with Crippen molar-refractivity contribution < 1.29 is 9.53 Å². The van der Waals surface area contributed by atoms with E-state index in [0.717, 1.165) is 13.0 Å². The first-order valence-corrected chi connectivity index (χ1v) is 7.78. The highest BCUT2D eigenvalue weighted by Gasteiger charge is 2.14. The van der Waals surface area contributed by atoms with Crippen LogP contribution in [0.3, 0.4) is 0 Å². The number of para-hydroxylation sites is 1. The van der Waals surface area contributed by atoms with E-state index in [1.54, 1.807) is 18.2 Å². The Hall–Kier alpha value is -1.17. The molecule has 0 radical (unpaired) electrons. The van der Waals surface area contributed by atoms with Gasteiger partial charge in [-0.1, -0.05) is 17.7 Å². The molecule has 5 nitrogen and oxygen atoms in total. The molecule has 1 fully saturated rings. The molecule has 0 unspecified atom stereocenters. The highest BCUT2D eigenvalue weighted by atomic mass is 35.5. The monoisotopic (exact) mass is 347 g/mol. The predicted octanol–water partition coefficient (Wildman–Crippen LogP) is 3.42. The Bertz CT molecular complexity index is 480. The molecular formula is C15H23Cl2N3O2. The van der Waals surface area contributed by atoms with Crippen molar-refractivity contribution in [1.82, 2.24) is 10.6 Å². The number of anilines is 1. The Morgan fingerprint density at radius 3 is 3.00 bits per heavy atom. The second-order valence-corrected chi connectivity index (χ2v) is 5.42. The normalized spacial score (nSPS) is 16.7. The number of ether oxygens (including phenoxy) is 1. The van der Waals surface area contributed by atoms with Crippen LogP contribution in [0.15, 0.2) is 18.2 Å². The van der Waals surface area contributed by atoms with Gasteiger partial charge >= 0.3 is 6.03 Å². The second kappa shape index (κ2) is 9.77. The van der Waals surface area contributed by atoms with E-state index >= 15 is 0 Å². The van der Waals surface area contributed by atoms with Crippen LogP contribution in [-0.2, 0) is 0 Å². The van der Waals surface area contributed by atoms with Gasteiger partial charge in [0, 0.05) is 12.6 Å². The van der Waals surface area contributed by atoms with Crippen molar-refractivity contribution in [3.63, 3.8) is 0 Å². The van der Waals surface area contributed by atoms with Crippen molar-refractivity contribution >= 4 is 35.7 Å². The average Bonchev–Trinajstić information content (AvgIpc) is 2.96. The van der Waals surface area contributed by atoms with Gasteiger partial charge in [0.15, 0.2) is 5.75 Å². The first-order chi connectivity index (χ1) is 10.2. The number of hydrogen-bond donors (Lipinski definition) is 3. The van der Waals surface area contributed by atoms with E-state index in [4.69, 9.17) is 16.3 Å². The largest absolute Gasteiger partial charge is 0.490 e. The molecule has 1 aliphatic heterocycles. The minimum absolute atomic E-state index is 0. The maximum Gasteiger partial charge on any atom is 0.319 e. The Kier molecular flexibility index (Phi) is 8.38. The number of hydrogen-bond acceptors (Lipinski definition) is 3. The zero-order valence-corrected chi connectivity index (χ0v) is 14.2. The lowest BCUT2D eigenvalue weighted by Crippen LogP contribution is -2.33. The molecule has 1 saturated heterocycles. The molecule has 1 aromatic carbocycles. The van der Waals surface area contributed by atoms with Crippen LogP contribution in [0.25, 0.3) is 0 Å². The second-order valence-electron chi connectivity index (χ2n) is 5.01. The van der Waals surface area contributed by atoms with E-state index < -0.39 is 0 Å². The van der Waals surface area contributed by atoms with E-state index in [9.17, 15) is 4.79 Å². The number of halogens is 2. The third-order valence-corrected chi connectivity index (χ3v) is 3.74. The van der Waals surface area contributed by atoms with Crippen LogP contribution in [0.1, 0.15) is 26.2 Å². The minimum atomic E-state index is -0.240. The first kappa shape index (κ1) is 18.9. The van der Waals surface area contributed by atoms with Crippen LogP contribution >= 0.6 is 24.0 Å². The number of amides is 2. The van der Waals surface area contributed by atoms with Crippen LogP contribution in [-0.4, -0.2) is 31.8 Å². The molecule has 1 aromatic rings. The van der Waals surface area contributed by atoms with Gasteiger partial charge in [-0.05, 0) is 44.9 Å². The molecule has 0 spiro atoms. The van der Waals surface area contributed by atoms with Gasteiger partial charge in [0.05, 0.1) is 17.3 Å². The number of rotatable bonds is 6. The van der Waals surface area contributed by atoms with Crippen LogP contribution in [0.2, 0.25) is 5.02 Å². The quantitative estimate of drug-likeness (QED) is 0.738. The Morgan fingerprint density at radius 2 is 2.32 bits per heavy atom. The molecule has 2 rings (SSSR count). The summed E-state index contributed by atoms with van der Waals surface area (Å²) in [4.78, 5) is 11.9. The first-order valence-electron chi connectivity index (χ1n) is 7.40. The summed E-state index contributed by atoms with van der Waals surface area (Å²) in [7, 11) is 0. The van der Waals surface area contributed by atoms with E-state index in [2.05, 4.69) is 16.0 Å². The van der Waals surface area contributed by atoms with Gasteiger partial charge in [0.1, 0.15) is 0 Å². The fourth-order valence-electron chi connectivity index (χ4n) is 2.43. The van der Waals surface area contributed by atoms with Gasteiger partial charge in [-0.3, -0.25) is 0 Å². The lowest BCUT2D eigenvalue weighted by atomic mass is 10.1. The van der Waals surface area contributed by atoms with Gasteiger partial charge in [0.25, 0.3) is 0 Å². The topological polar surface area (TPSA) is 62.4 Å². The van der Waals surface area contributed by atoms with Gasteiger partial charge < -0.3 is 20.7 Å². The highest BCUT2D eigenvalue weighted by molar-refractivity contribution is 6.32. The molecule has 0 bridgehead atoms. The molecule has 1 atom stereocenters. The number of carbonyl (C=O) groups excluding carboxylic acids is 1. The smallest absolute Gasteiger partial charge is 0.319 e. The summed E-state index contributed by atoms with van der Waals surface area (Å²) in [5.41, 5.74) is 0.584. The Morgan fingerprint density at radius 1 is 1.50 bits per heavy atom. The summed E-state index contributed by atoms with van der Waals surface area (Å²) in [5.74, 6) is 0.509. The molecule has 3 N–H and O–H groups in total. The molecule has 7 heteroatoms. The number of benzene rings is 1. The number of nitrogens with one attached hydrogen (secondary N) is 3. The molecule has 1 heterocycles. The van der Waals surface area contributed by atoms with Crippen molar-refractivity contribution in [2.75, 3.05) is 25.0 Å². The molecule has 0 aromatic heterocycles. The fourth-order valence-corrected chi connectivity index (χ4v) is 2.66. The lowest BCUT2D eigenvalue weighted by molar-refractivity contribution is 0.251. The van der Waals surface area contributed by atoms with Gasteiger partial charge in [-0.25, -0.2) is 4.79 Å². The zero-order chi connectivity index (χ0) is 15.1. The standard InChI is InChI=1S/C15H22ClN3O2.ClH/c1-2-21-14-12(16)6-3-7-13(14)19-15(20)18-10-8-11-5-4-9-17-11;/h3,6-7,11,17H,2,4-5,8-10H2,1H3,(H2,18,19,20);1H/t11-;/m1./s1. The minimum Gasteiger partial charge on any atom is -0.490 e. The van der Waals surface area contributed by atoms with Crippen LogP contribution < -0.4 is 20.7 Å². The number of carbonyl (C=O) groups is 1. The van der Waals surface area contributed by atoms with Crippen LogP contribution in [0, 0.1) is 0 Å². The fraction of sp³-hybridized carbons (Fsp3) is 0.533. The summed E-state index contributed by atoms with van der Waals surface area (Å²) < 4.78 is 5.47. The summed E-state index contributed by atoms with van der Waals surface area (Å²) in [6.45, 7) is 4.10. The zero-order valence-electron chi connectivity index (χ0n) is 12.7. The SMILES string of the molecule is CCOc1c(Cl)cccc1NC(=O)NCC[C@H]1CCCN1.Cl. The summed E-state index contributed by atoms with van der Waals surface area (Å²) in [5, 5.41) is 9.53. The molecule has 0 saturated carbocycles. The van der Waals surface area contributed by atoms with Crippen LogP contribution in [0.5, 0.6) is 5.75 Å². The lowest BCUT2D eigenvalue weighted by Gasteiger charge is -2.14. The molecule has 124 valence electrons. The van der Waals surface area contributed by atoms with Crippen molar-refractivity contribution in [2.45, 2.75) is 32.2 Å². The van der Waals surface area contributed by atoms with E-state index in [-0.39, 0.29) is 18.4 Å². The summed E-state index contributed by atoms with van der Waals surface area (Å²) in [6.07, 6.45) is 3.35. The van der Waals surface area contributed by atoms with Crippen molar-refractivity contribution in [3.05, 3.63) is 23.2 Å². The average molecular weight is 348 g/mol. The maximum atomic E-state index is 11.9. The Balaban J connectivity index is 0.00000242. The molecule has 0 aliphatic carbocycles. The van der Waals surface area contributed by atoms with Crippen molar-refractivity contribution in [1.29, 1.82) is 0 Å². The van der Waals surface area contributed by atoms with E-state index in [0.29, 0.717) is 35.7 Å². The Labute approximate surface area is 142 Å². The van der Waals surface area contributed by atoms with Crippen LogP contribution in [0.4, 0.5) is 10.5 Å². The number of urea groups is 1. The molecular weight excluding hydrogens is 325 g/mol. The third-order valence-electron chi connectivity index (χ3n) is 3.44. The van der Waals surface area contributed by atoms with Crippen molar-refractivity contribution in [2.24, 2.45) is 0 Å². The summed E-state index contributed by atoms with van der Waals surface area (Å²) >= 11 is 6.08. The van der Waals surface area contributed by atoms with E-state index in [1.165, 1.54) is 12.8 Å². The van der Waals surface area contributed by atoms with Crippen molar-refractivity contribution in [3.8, 4) is 5.75 Å². The van der Waals surface area contributed by atoms with Gasteiger partial charge in [-0.2, -0.15) is 0 Å². The van der Waals surface area contributed by atoms with Gasteiger partial charge in [-0.15, -0.1) is 12.4 Å². The summed E-state index contributed by atoms with van der Waals surface area (Å²) in [6, 6.07) is 5.57. The predicted molar refractivity (Wildman–Crippen MR) is 92.5 cm³/mol. The van der Waals surface area contributed by atoms with Gasteiger partial charge in [0.2, 0.25) is 0 Å². The van der Waals surface area contributed by atoms with E-state index in [1.807, 2.05) is 6.92 Å².